The molecule has 0 aromatic heterocycles. The highest BCUT2D eigenvalue weighted by molar-refractivity contribution is 5.49. The second-order valence-electron chi connectivity index (χ2n) is 8.65. The van der Waals surface area contributed by atoms with Gasteiger partial charge in [-0.15, -0.1) is 6.42 Å². The minimum Gasteiger partial charge on any atom is -0.491 e. The summed E-state index contributed by atoms with van der Waals surface area (Å²) in [5, 5.41) is 39.4. The Hall–Kier alpha value is -1.98. The van der Waals surface area contributed by atoms with Crippen LogP contribution in [0.5, 0.6) is 5.75 Å². The van der Waals surface area contributed by atoms with Gasteiger partial charge in [-0.3, -0.25) is 4.90 Å². The molecular formula is C25H38N2O9. The molecule has 1 unspecified atom stereocenters. The molecule has 0 aliphatic carbocycles. The van der Waals surface area contributed by atoms with Gasteiger partial charge in [0, 0.05) is 38.4 Å². The maximum absolute atomic E-state index is 10.2. The number of ether oxygens (including phenoxy) is 5. The molecule has 0 spiro atoms. The number of hydrogen-bond acceptors (Lipinski definition) is 11. The van der Waals surface area contributed by atoms with E-state index in [1.165, 1.54) is 0 Å². The number of aliphatic hydroxyl groups is 4. The lowest BCUT2D eigenvalue weighted by Crippen LogP contribution is -2.61. The van der Waals surface area contributed by atoms with Crippen LogP contribution in [0, 0.1) is 12.3 Å². The van der Waals surface area contributed by atoms with Crippen molar-refractivity contribution in [2.45, 2.75) is 30.7 Å². The van der Waals surface area contributed by atoms with Crippen LogP contribution in [0.25, 0.3) is 0 Å². The fourth-order valence-electron chi connectivity index (χ4n) is 4.07. The van der Waals surface area contributed by atoms with Crippen molar-refractivity contribution in [3.05, 3.63) is 24.3 Å². The summed E-state index contributed by atoms with van der Waals surface area (Å²) in [6.07, 6.45) is -1.39. The van der Waals surface area contributed by atoms with Crippen molar-refractivity contribution < 1.29 is 44.1 Å². The molecule has 202 valence electrons. The van der Waals surface area contributed by atoms with Crippen molar-refractivity contribution in [3.63, 3.8) is 0 Å². The second kappa shape index (κ2) is 15.3. The zero-order valence-corrected chi connectivity index (χ0v) is 20.5. The molecule has 5 atom stereocenters. The van der Waals surface area contributed by atoms with Gasteiger partial charge in [0.15, 0.2) is 6.29 Å². The number of nitrogens with zero attached hydrogens (tertiary/aromatic N) is 2. The van der Waals surface area contributed by atoms with E-state index in [4.69, 9.17) is 30.1 Å². The van der Waals surface area contributed by atoms with E-state index in [9.17, 15) is 20.4 Å². The van der Waals surface area contributed by atoms with Crippen LogP contribution in [0.15, 0.2) is 24.3 Å². The summed E-state index contributed by atoms with van der Waals surface area (Å²) in [5.41, 5.74) is 1.09. The van der Waals surface area contributed by atoms with Crippen LogP contribution >= 0.6 is 0 Å². The highest BCUT2D eigenvalue weighted by Gasteiger charge is 2.43. The molecule has 1 aromatic carbocycles. The molecule has 0 amide bonds. The molecule has 2 aliphatic rings. The van der Waals surface area contributed by atoms with Gasteiger partial charge >= 0.3 is 0 Å². The van der Waals surface area contributed by atoms with Crippen LogP contribution in [0.4, 0.5) is 5.69 Å². The average molecular weight is 511 g/mol. The Balaban J connectivity index is 1.28. The molecule has 3 rings (SSSR count). The third-order valence-electron chi connectivity index (χ3n) is 6.13. The molecule has 4 N–H and O–H groups in total. The quantitative estimate of drug-likeness (QED) is 0.175. The Morgan fingerprint density at radius 2 is 1.42 bits per heavy atom. The van der Waals surface area contributed by atoms with Gasteiger partial charge in [-0.25, -0.2) is 0 Å². The summed E-state index contributed by atoms with van der Waals surface area (Å²) in [6, 6.07) is 7.90. The Kier molecular flexibility index (Phi) is 12.2. The number of anilines is 1. The van der Waals surface area contributed by atoms with Gasteiger partial charge in [-0.1, -0.05) is 5.92 Å². The predicted molar refractivity (Wildman–Crippen MR) is 131 cm³/mol. The molecule has 2 aliphatic heterocycles. The minimum absolute atomic E-state index is 0.294. The Morgan fingerprint density at radius 1 is 0.806 bits per heavy atom. The third-order valence-corrected chi connectivity index (χ3v) is 6.13. The van der Waals surface area contributed by atoms with Crippen molar-refractivity contribution in [2.75, 3.05) is 83.9 Å². The van der Waals surface area contributed by atoms with Gasteiger partial charge in [-0.2, -0.15) is 0 Å². The van der Waals surface area contributed by atoms with E-state index >= 15 is 0 Å². The molecular weight excluding hydrogens is 472 g/mol. The monoisotopic (exact) mass is 510 g/mol. The summed E-state index contributed by atoms with van der Waals surface area (Å²) < 4.78 is 27.0. The van der Waals surface area contributed by atoms with Crippen LogP contribution in [-0.4, -0.2) is 135 Å². The molecule has 11 heteroatoms. The highest BCUT2D eigenvalue weighted by Crippen LogP contribution is 2.23. The molecule has 0 saturated carbocycles. The maximum Gasteiger partial charge on any atom is 0.184 e. The van der Waals surface area contributed by atoms with Crippen LogP contribution < -0.4 is 9.64 Å². The van der Waals surface area contributed by atoms with Crippen molar-refractivity contribution in [2.24, 2.45) is 0 Å². The first-order valence-electron chi connectivity index (χ1n) is 12.2. The molecule has 1 aromatic rings. The molecule has 11 nitrogen and oxygen atoms in total. The first-order valence-corrected chi connectivity index (χ1v) is 12.2. The van der Waals surface area contributed by atoms with E-state index in [0.29, 0.717) is 52.8 Å². The number of terminal acetylenes is 1. The first kappa shape index (κ1) is 28.6. The first-order chi connectivity index (χ1) is 17.5. The van der Waals surface area contributed by atoms with Crippen molar-refractivity contribution in [1.29, 1.82) is 0 Å². The third kappa shape index (κ3) is 8.85. The molecule has 2 heterocycles. The highest BCUT2D eigenvalue weighted by atomic mass is 16.6. The summed E-state index contributed by atoms with van der Waals surface area (Å²) in [6.45, 7) is 6.52. The molecule has 2 fully saturated rings. The van der Waals surface area contributed by atoms with Crippen LogP contribution in [0.2, 0.25) is 0 Å². The number of benzene rings is 1. The average Bonchev–Trinajstić information content (AvgIpc) is 2.90. The van der Waals surface area contributed by atoms with E-state index in [1.54, 1.807) is 0 Å². The lowest BCUT2D eigenvalue weighted by molar-refractivity contribution is -0.283. The van der Waals surface area contributed by atoms with Gasteiger partial charge < -0.3 is 49.0 Å². The number of rotatable bonds is 14. The van der Waals surface area contributed by atoms with Crippen LogP contribution in [0.1, 0.15) is 0 Å². The fourth-order valence-corrected chi connectivity index (χ4v) is 4.07. The smallest absolute Gasteiger partial charge is 0.184 e. The van der Waals surface area contributed by atoms with Crippen LogP contribution in [-0.2, 0) is 18.9 Å². The van der Waals surface area contributed by atoms with E-state index in [2.05, 4.69) is 15.7 Å². The topological polar surface area (TPSA) is 134 Å². The van der Waals surface area contributed by atoms with Gasteiger partial charge in [0.1, 0.15) is 43.4 Å². The zero-order valence-electron chi connectivity index (χ0n) is 20.5. The summed E-state index contributed by atoms with van der Waals surface area (Å²) in [5.74, 6) is 3.16. The van der Waals surface area contributed by atoms with Gasteiger partial charge in [0.25, 0.3) is 0 Å². The number of aliphatic hydroxyl groups excluding tert-OH is 4. The fraction of sp³-hybridized carbons (Fsp3) is 0.680. The van der Waals surface area contributed by atoms with Gasteiger partial charge in [0.05, 0.1) is 33.0 Å². The van der Waals surface area contributed by atoms with Gasteiger partial charge in [0.2, 0.25) is 0 Å². The van der Waals surface area contributed by atoms with Gasteiger partial charge in [-0.05, 0) is 24.3 Å². The molecule has 0 bridgehead atoms. The molecule has 0 radical (unpaired) electrons. The second-order valence-corrected chi connectivity index (χ2v) is 8.65. The predicted octanol–water partition coefficient (Wildman–Crippen LogP) is -1.33. The standard InChI is InChI=1S/C25H38N2O9/c1-2-11-32-12-13-33-14-15-34-16-17-35-20-5-3-19(4-6-20)27-9-7-26(8-10-27)18-21-22(28)23(29)24(30)25(31)36-21/h1,3-6,21-25,28-31H,7-18H2/t21?,22-,23-,24+,25-/m0/s1. The van der Waals surface area contributed by atoms with E-state index in [1.807, 2.05) is 24.3 Å². The maximum atomic E-state index is 10.2. The lowest BCUT2D eigenvalue weighted by Gasteiger charge is -2.42. The van der Waals surface area contributed by atoms with E-state index in [0.717, 1.165) is 37.6 Å². The Morgan fingerprint density at radius 3 is 2.06 bits per heavy atom. The SMILES string of the molecule is C#CCOCCOCCOCCOc1ccc(N2CCN(CC3O[C@H](O)[C@H](O)[C@@H](O)[C@H]3O)CC2)cc1. The van der Waals surface area contributed by atoms with Crippen molar-refractivity contribution >= 4 is 5.69 Å². The zero-order chi connectivity index (χ0) is 25.8. The van der Waals surface area contributed by atoms with Crippen molar-refractivity contribution in [3.8, 4) is 18.1 Å². The lowest BCUT2D eigenvalue weighted by atomic mass is 9.98. The number of piperazine rings is 1. The Bertz CT molecular complexity index is 783. The van der Waals surface area contributed by atoms with E-state index in [-0.39, 0.29) is 0 Å². The summed E-state index contributed by atoms with van der Waals surface area (Å²) in [7, 11) is 0. The van der Waals surface area contributed by atoms with Crippen LogP contribution in [0.3, 0.4) is 0 Å². The minimum atomic E-state index is -1.51. The molecule has 2 saturated heterocycles. The molecule has 36 heavy (non-hydrogen) atoms. The summed E-state index contributed by atoms with van der Waals surface area (Å²) in [4.78, 5) is 4.36. The largest absolute Gasteiger partial charge is 0.491 e. The summed E-state index contributed by atoms with van der Waals surface area (Å²) >= 11 is 0. The van der Waals surface area contributed by atoms with E-state index < -0.39 is 30.7 Å². The number of hydrogen-bond donors (Lipinski definition) is 4. The Labute approximate surface area is 212 Å². The van der Waals surface area contributed by atoms with Crippen molar-refractivity contribution in [1.82, 2.24) is 4.90 Å². The normalized spacial score (nSPS) is 27.1.